The van der Waals surface area contributed by atoms with E-state index < -0.39 is 5.97 Å². The van der Waals surface area contributed by atoms with Gasteiger partial charge in [-0.25, -0.2) is 9.67 Å². The van der Waals surface area contributed by atoms with Crippen molar-refractivity contribution in [1.82, 2.24) is 14.8 Å². The molecule has 0 amide bonds. The maximum Gasteiger partial charge on any atom is 0.313 e. The molecule has 2 rings (SSSR count). The fourth-order valence-corrected chi connectivity index (χ4v) is 2.79. The first-order valence-corrected chi connectivity index (χ1v) is 7.62. The first-order chi connectivity index (χ1) is 8.97. The zero-order valence-electron chi connectivity index (χ0n) is 9.80. The Labute approximate surface area is 132 Å². The summed E-state index contributed by atoms with van der Waals surface area (Å²) in [7, 11) is 1.73. The summed E-state index contributed by atoms with van der Waals surface area (Å²) in [5.74, 6) is -0.382. The number of hydrogen-bond acceptors (Lipinski definition) is 4. The van der Waals surface area contributed by atoms with E-state index in [0.29, 0.717) is 16.0 Å². The molecule has 0 aliphatic heterocycles. The van der Waals surface area contributed by atoms with E-state index in [-0.39, 0.29) is 5.75 Å². The molecule has 1 aromatic heterocycles. The normalized spacial score (nSPS) is 10.7. The third kappa shape index (κ3) is 3.61. The summed E-state index contributed by atoms with van der Waals surface area (Å²) in [5, 5.41) is 14.1. The van der Waals surface area contributed by atoms with Crippen molar-refractivity contribution in [2.75, 3.05) is 5.75 Å². The number of halogens is 2. The van der Waals surface area contributed by atoms with Crippen molar-refractivity contribution in [3.05, 3.63) is 26.8 Å². The van der Waals surface area contributed by atoms with Gasteiger partial charge in [0, 0.05) is 21.2 Å². The van der Waals surface area contributed by atoms with Gasteiger partial charge in [0.15, 0.2) is 11.0 Å². The average molecular weight is 410 g/mol. The molecule has 0 saturated heterocycles. The molecule has 19 heavy (non-hydrogen) atoms. The van der Waals surface area contributed by atoms with Crippen molar-refractivity contribution in [1.29, 1.82) is 0 Å². The minimum Gasteiger partial charge on any atom is -0.481 e. The van der Waals surface area contributed by atoms with E-state index in [1.54, 1.807) is 23.9 Å². The van der Waals surface area contributed by atoms with Gasteiger partial charge in [-0.05, 0) is 40.8 Å². The summed E-state index contributed by atoms with van der Waals surface area (Å²) in [5.41, 5.74) is 0.839. The van der Waals surface area contributed by atoms with E-state index in [9.17, 15) is 4.79 Å². The molecule has 0 unspecified atom stereocenters. The predicted octanol–water partition coefficient (Wildman–Crippen LogP) is 2.92. The van der Waals surface area contributed by atoms with Gasteiger partial charge in [-0.2, -0.15) is 5.10 Å². The van der Waals surface area contributed by atoms with Crippen LogP contribution in [0.15, 0.2) is 23.4 Å². The molecule has 8 heteroatoms. The van der Waals surface area contributed by atoms with E-state index in [1.165, 1.54) is 0 Å². The topological polar surface area (TPSA) is 68.0 Å². The van der Waals surface area contributed by atoms with Gasteiger partial charge in [0.05, 0.1) is 5.75 Å². The Balaban J connectivity index is 2.33. The summed E-state index contributed by atoms with van der Waals surface area (Å²) in [6.45, 7) is 0. The van der Waals surface area contributed by atoms with Crippen molar-refractivity contribution >= 4 is 51.9 Å². The maximum absolute atomic E-state index is 10.6. The van der Waals surface area contributed by atoms with Crippen LogP contribution in [0.25, 0.3) is 11.4 Å². The van der Waals surface area contributed by atoms with Crippen LogP contribution >= 0.6 is 46.0 Å². The summed E-state index contributed by atoms with van der Waals surface area (Å²) >= 11 is 9.29. The quantitative estimate of drug-likeness (QED) is 0.621. The summed E-state index contributed by atoms with van der Waals surface area (Å²) in [4.78, 5) is 14.9. The molecule has 0 spiro atoms. The van der Waals surface area contributed by atoms with Gasteiger partial charge in [0.2, 0.25) is 0 Å². The van der Waals surface area contributed by atoms with Crippen LogP contribution < -0.4 is 0 Å². The summed E-state index contributed by atoms with van der Waals surface area (Å²) in [6.07, 6.45) is 0. The predicted molar refractivity (Wildman–Crippen MR) is 82.5 cm³/mol. The summed E-state index contributed by atoms with van der Waals surface area (Å²) in [6, 6.07) is 5.48. The van der Waals surface area contributed by atoms with Gasteiger partial charge >= 0.3 is 5.97 Å². The Morgan fingerprint density at radius 2 is 2.32 bits per heavy atom. The van der Waals surface area contributed by atoms with E-state index >= 15 is 0 Å². The van der Waals surface area contributed by atoms with Crippen LogP contribution in [-0.4, -0.2) is 31.6 Å². The highest BCUT2D eigenvalue weighted by atomic mass is 127. The second-order valence-electron chi connectivity index (χ2n) is 3.65. The van der Waals surface area contributed by atoms with Crippen LogP contribution in [0.2, 0.25) is 5.02 Å². The third-order valence-corrected chi connectivity index (χ3v) is 4.40. The highest BCUT2D eigenvalue weighted by molar-refractivity contribution is 14.1. The van der Waals surface area contributed by atoms with Crippen LogP contribution in [0, 0.1) is 3.57 Å². The van der Waals surface area contributed by atoms with E-state index in [2.05, 4.69) is 32.7 Å². The van der Waals surface area contributed by atoms with Crippen molar-refractivity contribution in [3.63, 3.8) is 0 Å². The lowest BCUT2D eigenvalue weighted by molar-refractivity contribution is -0.133. The first kappa shape index (κ1) is 14.6. The van der Waals surface area contributed by atoms with E-state index in [1.807, 2.05) is 6.07 Å². The van der Waals surface area contributed by atoms with Crippen molar-refractivity contribution in [2.45, 2.75) is 5.16 Å². The van der Waals surface area contributed by atoms with Crippen LogP contribution in [0.1, 0.15) is 0 Å². The third-order valence-electron chi connectivity index (χ3n) is 2.22. The summed E-state index contributed by atoms with van der Waals surface area (Å²) < 4.78 is 2.56. The zero-order chi connectivity index (χ0) is 14.0. The molecule has 0 bridgehead atoms. The SMILES string of the molecule is Cn1nc(-c2cc(Cl)ccc2I)nc1SCC(=O)O. The largest absolute Gasteiger partial charge is 0.481 e. The molecule has 100 valence electrons. The number of nitrogens with zero attached hydrogens (tertiary/aromatic N) is 3. The van der Waals surface area contributed by atoms with E-state index in [0.717, 1.165) is 20.9 Å². The van der Waals surface area contributed by atoms with Crippen LogP contribution in [-0.2, 0) is 11.8 Å². The highest BCUT2D eigenvalue weighted by Crippen LogP contribution is 2.27. The van der Waals surface area contributed by atoms with Crippen molar-refractivity contribution in [2.24, 2.45) is 7.05 Å². The van der Waals surface area contributed by atoms with Crippen LogP contribution in [0.3, 0.4) is 0 Å². The molecule has 1 N–H and O–H groups in total. The van der Waals surface area contributed by atoms with Gasteiger partial charge in [-0.15, -0.1) is 0 Å². The molecule has 5 nitrogen and oxygen atoms in total. The maximum atomic E-state index is 10.6. The van der Waals surface area contributed by atoms with Crippen LogP contribution in [0.4, 0.5) is 0 Å². The van der Waals surface area contributed by atoms with Gasteiger partial charge in [0.1, 0.15) is 0 Å². The number of hydrogen-bond donors (Lipinski definition) is 1. The van der Waals surface area contributed by atoms with Gasteiger partial charge in [0.25, 0.3) is 0 Å². The minimum atomic E-state index is -0.883. The number of carbonyl (C=O) groups is 1. The molecule has 0 radical (unpaired) electrons. The molecule has 1 heterocycles. The van der Waals surface area contributed by atoms with Gasteiger partial charge in [-0.1, -0.05) is 23.4 Å². The Morgan fingerprint density at radius 1 is 1.58 bits per heavy atom. The average Bonchev–Trinajstić information content (AvgIpc) is 2.71. The highest BCUT2D eigenvalue weighted by Gasteiger charge is 2.13. The number of aromatic nitrogens is 3. The standard InChI is InChI=1S/C11H9ClIN3O2S/c1-16-11(19-5-9(17)18)14-10(15-16)7-4-6(12)2-3-8(7)13/h2-4H,5H2,1H3,(H,17,18). The number of rotatable bonds is 4. The Morgan fingerprint density at radius 3 is 3.00 bits per heavy atom. The van der Waals surface area contributed by atoms with Crippen LogP contribution in [0.5, 0.6) is 0 Å². The number of aryl methyl sites for hydroxylation is 1. The van der Waals surface area contributed by atoms with E-state index in [4.69, 9.17) is 16.7 Å². The van der Waals surface area contributed by atoms with Gasteiger partial charge in [-0.3, -0.25) is 4.79 Å². The molecular weight excluding hydrogens is 401 g/mol. The molecule has 2 aromatic rings. The Hall–Kier alpha value is -0.800. The lowest BCUT2D eigenvalue weighted by Crippen LogP contribution is -2.00. The zero-order valence-corrected chi connectivity index (χ0v) is 13.5. The lowest BCUT2D eigenvalue weighted by Gasteiger charge is -1.99. The number of thioether (sulfide) groups is 1. The smallest absolute Gasteiger partial charge is 0.313 e. The molecule has 0 fully saturated rings. The monoisotopic (exact) mass is 409 g/mol. The fraction of sp³-hybridized carbons (Fsp3) is 0.182. The molecule has 0 aliphatic rings. The number of aliphatic carboxylic acids is 1. The first-order valence-electron chi connectivity index (χ1n) is 5.18. The van der Waals surface area contributed by atoms with Gasteiger partial charge < -0.3 is 5.11 Å². The van der Waals surface area contributed by atoms with Crippen molar-refractivity contribution < 1.29 is 9.90 Å². The molecule has 0 saturated carbocycles. The second-order valence-corrected chi connectivity index (χ2v) is 6.19. The second kappa shape index (κ2) is 6.10. The molecule has 1 aromatic carbocycles. The Kier molecular flexibility index (Phi) is 4.69. The minimum absolute atomic E-state index is 0.0430. The molecule has 0 aliphatic carbocycles. The molecule has 0 atom stereocenters. The Bertz CT molecular complexity index is 632. The van der Waals surface area contributed by atoms with Crippen molar-refractivity contribution in [3.8, 4) is 11.4 Å². The number of benzene rings is 1. The molecular formula is C11H9ClIN3O2S. The number of carboxylic acids is 1. The number of carboxylic acid groups (broad SMARTS) is 1. The lowest BCUT2D eigenvalue weighted by atomic mass is 10.2. The fourth-order valence-electron chi connectivity index (χ4n) is 1.41.